The van der Waals surface area contributed by atoms with Crippen molar-refractivity contribution < 1.29 is 18.0 Å². The molecule has 0 saturated carbocycles. The zero-order valence-electron chi connectivity index (χ0n) is 16.0. The van der Waals surface area contributed by atoms with Gasteiger partial charge in [-0.2, -0.15) is 13.2 Å². The summed E-state index contributed by atoms with van der Waals surface area (Å²) in [5, 5.41) is 3.44. The second-order valence-electron chi connectivity index (χ2n) is 7.09. The Kier molecular flexibility index (Phi) is 6.70. The van der Waals surface area contributed by atoms with Gasteiger partial charge < -0.3 is 10.2 Å². The SMILES string of the molecule is CC(C(=O)NCc1cccc(C(F)(F)F)c1)N1CCN(c2ccc(Cl)cc2)CC1. The summed E-state index contributed by atoms with van der Waals surface area (Å²) in [5.41, 5.74) is 0.805. The van der Waals surface area contributed by atoms with Crippen molar-refractivity contribution in [2.75, 3.05) is 31.1 Å². The molecule has 1 aliphatic rings. The highest BCUT2D eigenvalue weighted by molar-refractivity contribution is 6.30. The molecule has 2 aromatic rings. The molecule has 1 unspecified atom stereocenters. The van der Waals surface area contributed by atoms with Crippen molar-refractivity contribution in [3.63, 3.8) is 0 Å². The van der Waals surface area contributed by atoms with E-state index in [-0.39, 0.29) is 18.5 Å². The fraction of sp³-hybridized carbons (Fsp3) is 0.381. The first-order valence-electron chi connectivity index (χ1n) is 9.42. The molecule has 0 bridgehead atoms. The standard InChI is InChI=1S/C21H23ClF3N3O/c1-15(20(29)26-14-16-3-2-4-17(13-16)21(23,24)25)27-9-11-28(12-10-27)19-7-5-18(22)6-8-19/h2-8,13,15H,9-12,14H2,1H3,(H,26,29). The van der Waals surface area contributed by atoms with Gasteiger partial charge in [-0.3, -0.25) is 9.69 Å². The number of hydrogen-bond acceptors (Lipinski definition) is 3. The maximum absolute atomic E-state index is 12.8. The molecule has 1 fully saturated rings. The van der Waals surface area contributed by atoms with Gasteiger partial charge >= 0.3 is 6.18 Å². The van der Waals surface area contributed by atoms with Crippen molar-refractivity contribution in [1.82, 2.24) is 10.2 Å². The molecule has 3 rings (SSSR count). The number of carbonyl (C=O) groups excluding carboxylic acids is 1. The highest BCUT2D eigenvalue weighted by atomic mass is 35.5. The Hall–Kier alpha value is -2.25. The second kappa shape index (κ2) is 9.05. The lowest BCUT2D eigenvalue weighted by molar-refractivity contribution is -0.137. The summed E-state index contributed by atoms with van der Waals surface area (Å²) in [6.07, 6.45) is -4.39. The Bertz CT molecular complexity index is 834. The Labute approximate surface area is 173 Å². The molecule has 2 aromatic carbocycles. The van der Waals surface area contributed by atoms with Crippen LogP contribution in [0.2, 0.25) is 5.02 Å². The first kappa shape index (κ1) is 21.5. The molecular formula is C21H23ClF3N3O. The third kappa shape index (κ3) is 5.64. The monoisotopic (exact) mass is 425 g/mol. The number of rotatable bonds is 5. The van der Waals surface area contributed by atoms with Gasteiger partial charge in [0.05, 0.1) is 11.6 Å². The molecule has 156 valence electrons. The molecule has 0 aromatic heterocycles. The number of hydrogen-bond donors (Lipinski definition) is 1. The summed E-state index contributed by atoms with van der Waals surface area (Å²) in [6.45, 7) is 4.90. The fourth-order valence-electron chi connectivity index (χ4n) is 3.38. The summed E-state index contributed by atoms with van der Waals surface area (Å²) in [4.78, 5) is 16.8. The second-order valence-corrected chi connectivity index (χ2v) is 7.53. The van der Waals surface area contributed by atoms with Crippen LogP contribution in [0.15, 0.2) is 48.5 Å². The van der Waals surface area contributed by atoms with E-state index in [0.717, 1.165) is 44.0 Å². The van der Waals surface area contributed by atoms with Gasteiger partial charge in [-0.05, 0) is 48.9 Å². The average molecular weight is 426 g/mol. The van der Waals surface area contributed by atoms with E-state index in [1.54, 1.807) is 6.07 Å². The topological polar surface area (TPSA) is 35.6 Å². The van der Waals surface area contributed by atoms with Crippen LogP contribution in [0, 0.1) is 0 Å². The van der Waals surface area contributed by atoms with Crippen LogP contribution in [0.1, 0.15) is 18.1 Å². The molecule has 0 aliphatic carbocycles. The first-order chi connectivity index (χ1) is 13.7. The van der Waals surface area contributed by atoms with Crippen LogP contribution in [-0.2, 0) is 17.5 Å². The molecule has 0 spiro atoms. The number of benzene rings is 2. The molecular weight excluding hydrogens is 403 g/mol. The van der Waals surface area contributed by atoms with Gasteiger partial charge in [0.25, 0.3) is 0 Å². The molecule has 8 heteroatoms. The summed E-state index contributed by atoms with van der Waals surface area (Å²) < 4.78 is 38.4. The van der Waals surface area contributed by atoms with Crippen LogP contribution in [0.3, 0.4) is 0 Å². The number of alkyl halides is 3. The summed E-state index contributed by atoms with van der Waals surface area (Å²) in [7, 11) is 0. The molecule has 1 aliphatic heterocycles. The zero-order valence-corrected chi connectivity index (χ0v) is 16.8. The van der Waals surface area contributed by atoms with Crippen molar-refractivity contribution in [2.45, 2.75) is 25.7 Å². The van der Waals surface area contributed by atoms with Crippen LogP contribution in [0.25, 0.3) is 0 Å². The fourth-order valence-corrected chi connectivity index (χ4v) is 3.51. The molecule has 1 saturated heterocycles. The zero-order chi connectivity index (χ0) is 21.0. The van der Waals surface area contributed by atoms with Gasteiger partial charge in [0.2, 0.25) is 5.91 Å². The summed E-state index contributed by atoms with van der Waals surface area (Å²) in [5.74, 6) is -0.192. The van der Waals surface area contributed by atoms with E-state index >= 15 is 0 Å². The largest absolute Gasteiger partial charge is 0.416 e. The molecule has 1 amide bonds. The van der Waals surface area contributed by atoms with Crippen molar-refractivity contribution in [3.05, 3.63) is 64.7 Å². The number of piperazine rings is 1. The highest BCUT2D eigenvalue weighted by Crippen LogP contribution is 2.29. The van der Waals surface area contributed by atoms with E-state index in [9.17, 15) is 18.0 Å². The van der Waals surface area contributed by atoms with E-state index in [1.807, 2.05) is 31.2 Å². The minimum absolute atomic E-state index is 0.0673. The lowest BCUT2D eigenvalue weighted by Crippen LogP contribution is -2.53. The predicted octanol–water partition coefficient (Wildman–Crippen LogP) is 4.19. The van der Waals surface area contributed by atoms with Crippen LogP contribution >= 0.6 is 11.6 Å². The first-order valence-corrected chi connectivity index (χ1v) is 9.80. The third-order valence-corrected chi connectivity index (χ3v) is 5.41. The molecule has 0 radical (unpaired) electrons. The summed E-state index contributed by atoms with van der Waals surface area (Å²) in [6, 6.07) is 12.3. The quantitative estimate of drug-likeness (QED) is 0.780. The number of anilines is 1. The smallest absolute Gasteiger partial charge is 0.369 e. The normalized spacial score (nSPS) is 16.5. The van der Waals surface area contributed by atoms with Gasteiger partial charge in [0.15, 0.2) is 0 Å². The minimum atomic E-state index is -4.39. The molecule has 1 atom stereocenters. The van der Waals surface area contributed by atoms with Gasteiger partial charge in [-0.25, -0.2) is 0 Å². The maximum atomic E-state index is 12.8. The van der Waals surface area contributed by atoms with E-state index < -0.39 is 11.7 Å². The Morgan fingerprint density at radius 2 is 1.76 bits per heavy atom. The lowest BCUT2D eigenvalue weighted by atomic mass is 10.1. The van der Waals surface area contributed by atoms with Crippen molar-refractivity contribution in [3.8, 4) is 0 Å². The van der Waals surface area contributed by atoms with Crippen LogP contribution in [0.5, 0.6) is 0 Å². The van der Waals surface area contributed by atoms with Crippen LogP contribution < -0.4 is 10.2 Å². The van der Waals surface area contributed by atoms with E-state index in [2.05, 4.69) is 15.1 Å². The van der Waals surface area contributed by atoms with E-state index in [1.165, 1.54) is 6.07 Å². The minimum Gasteiger partial charge on any atom is -0.369 e. The molecule has 29 heavy (non-hydrogen) atoms. The number of nitrogens with one attached hydrogen (secondary N) is 1. The third-order valence-electron chi connectivity index (χ3n) is 5.15. The van der Waals surface area contributed by atoms with E-state index in [0.29, 0.717) is 10.6 Å². The van der Waals surface area contributed by atoms with E-state index in [4.69, 9.17) is 11.6 Å². The Balaban J connectivity index is 1.50. The van der Waals surface area contributed by atoms with Crippen molar-refractivity contribution in [2.24, 2.45) is 0 Å². The Morgan fingerprint density at radius 3 is 2.38 bits per heavy atom. The number of halogens is 4. The van der Waals surface area contributed by atoms with Gasteiger partial charge in [-0.15, -0.1) is 0 Å². The molecule has 1 heterocycles. The van der Waals surface area contributed by atoms with Crippen LogP contribution in [-0.4, -0.2) is 43.0 Å². The number of carbonyl (C=O) groups is 1. The molecule has 4 nitrogen and oxygen atoms in total. The predicted molar refractivity (Wildman–Crippen MR) is 108 cm³/mol. The van der Waals surface area contributed by atoms with Gasteiger partial charge in [0, 0.05) is 43.4 Å². The number of amides is 1. The van der Waals surface area contributed by atoms with Gasteiger partial charge in [-0.1, -0.05) is 23.7 Å². The average Bonchev–Trinajstić information content (AvgIpc) is 2.72. The number of nitrogens with zero attached hydrogens (tertiary/aromatic N) is 2. The van der Waals surface area contributed by atoms with Crippen LogP contribution in [0.4, 0.5) is 18.9 Å². The highest BCUT2D eigenvalue weighted by Gasteiger charge is 2.30. The maximum Gasteiger partial charge on any atom is 0.416 e. The van der Waals surface area contributed by atoms with Crippen molar-refractivity contribution in [1.29, 1.82) is 0 Å². The molecule has 1 N–H and O–H groups in total. The van der Waals surface area contributed by atoms with Crippen molar-refractivity contribution >= 4 is 23.2 Å². The summed E-state index contributed by atoms with van der Waals surface area (Å²) >= 11 is 5.93. The Morgan fingerprint density at radius 1 is 1.10 bits per heavy atom. The van der Waals surface area contributed by atoms with Gasteiger partial charge in [0.1, 0.15) is 0 Å². The lowest BCUT2D eigenvalue weighted by Gasteiger charge is -2.38.